The largest absolute Gasteiger partial charge is 0.471 e. The molecular formula is C12H20O3. The van der Waals surface area contributed by atoms with Crippen LogP contribution in [0, 0.1) is 11.3 Å². The topological polar surface area (TPSA) is 35.5 Å². The molecule has 0 saturated heterocycles. The van der Waals surface area contributed by atoms with Crippen LogP contribution in [0.2, 0.25) is 0 Å². The lowest BCUT2D eigenvalue weighted by Crippen LogP contribution is -2.31. The summed E-state index contributed by atoms with van der Waals surface area (Å²) in [6.07, 6.45) is 5.82. The standard InChI is InChI=1S/C12H20O3/c1-4-10-6-7-11(15-9-14-3)12(10,5-2)8-13/h7-8,10H,4-6,9H2,1-3H3/t10-,12+/m0/s1. The zero-order valence-electron chi connectivity index (χ0n) is 9.79. The van der Waals surface area contributed by atoms with Crippen LogP contribution in [0.15, 0.2) is 11.8 Å². The summed E-state index contributed by atoms with van der Waals surface area (Å²) < 4.78 is 10.4. The van der Waals surface area contributed by atoms with Gasteiger partial charge in [0.2, 0.25) is 0 Å². The molecule has 0 N–H and O–H groups in total. The molecule has 0 aromatic heterocycles. The van der Waals surface area contributed by atoms with Crippen LogP contribution in [0.5, 0.6) is 0 Å². The van der Waals surface area contributed by atoms with Crippen molar-refractivity contribution >= 4 is 6.29 Å². The van der Waals surface area contributed by atoms with Crippen molar-refractivity contribution in [2.75, 3.05) is 13.9 Å². The Labute approximate surface area is 91.4 Å². The quantitative estimate of drug-likeness (QED) is 0.501. The molecule has 0 fully saturated rings. The van der Waals surface area contributed by atoms with Gasteiger partial charge >= 0.3 is 0 Å². The van der Waals surface area contributed by atoms with Gasteiger partial charge in [-0.1, -0.05) is 20.3 Å². The number of hydrogen-bond donors (Lipinski definition) is 0. The molecule has 0 unspecified atom stereocenters. The van der Waals surface area contributed by atoms with Gasteiger partial charge in [-0.3, -0.25) is 0 Å². The van der Waals surface area contributed by atoms with Crippen LogP contribution < -0.4 is 0 Å². The molecule has 2 atom stereocenters. The number of hydrogen-bond acceptors (Lipinski definition) is 3. The average Bonchev–Trinajstić information content (AvgIpc) is 2.64. The van der Waals surface area contributed by atoms with E-state index in [1.807, 2.05) is 13.0 Å². The predicted molar refractivity (Wildman–Crippen MR) is 58.2 cm³/mol. The molecule has 0 aromatic rings. The van der Waals surface area contributed by atoms with Crippen molar-refractivity contribution in [3.8, 4) is 0 Å². The highest BCUT2D eigenvalue weighted by molar-refractivity contribution is 5.66. The van der Waals surface area contributed by atoms with Crippen molar-refractivity contribution in [2.45, 2.75) is 33.1 Å². The molecular weight excluding hydrogens is 192 g/mol. The van der Waals surface area contributed by atoms with E-state index in [0.29, 0.717) is 5.92 Å². The third-order valence-electron chi connectivity index (χ3n) is 3.40. The summed E-state index contributed by atoms with van der Waals surface area (Å²) in [5.74, 6) is 1.18. The fourth-order valence-corrected chi connectivity index (χ4v) is 2.40. The van der Waals surface area contributed by atoms with Crippen LogP contribution in [0.25, 0.3) is 0 Å². The molecule has 0 heterocycles. The third kappa shape index (κ3) is 2.07. The Balaban J connectivity index is 2.82. The predicted octanol–water partition coefficient (Wildman–Crippen LogP) is 2.52. The average molecular weight is 212 g/mol. The van der Waals surface area contributed by atoms with Crippen LogP contribution in [0.4, 0.5) is 0 Å². The molecule has 1 rings (SSSR count). The summed E-state index contributed by atoms with van der Waals surface area (Å²) in [4.78, 5) is 11.3. The van der Waals surface area contributed by atoms with Crippen molar-refractivity contribution in [3.63, 3.8) is 0 Å². The summed E-state index contributed by atoms with van der Waals surface area (Å²) in [7, 11) is 1.58. The van der Waals surface area contributed by atoms with E-state index in [0.717, 1.165) is 31.3 Å². The molecule has 86 valence electrons. The van der Waals surface area contributed by atoms with Gasteiger partial charge in [0.1, 0.15) is 12.0 Å². The Kier molecular flexibility index (Phi) is 4.33. The minimum atomic E-state index is -0.409. The van der Waals surface area contributed by atoms with Crippen molar-refractivity contribution in [1.29, 1.82) is 0 Å². The maximum absolute atomic E-state index is 11.3. The van der Waals surface area contributed by atoms with Gasteiger partial charge in [0, 0.05) is 7.11 Å². The second-order valence-electron chi connectivity index (χ2n) is 3.97. The first-order valence-electron chi connectivity index (χ1n) is 5.53. The summed E-state index contributed by atoms with van der Waals surface area (Å²) >= 11 is 0. The Bertz CT molecular complexity index is 247. The maximum Gasteiger partial charge on any atom is 0.188 e. The number of aldehydes is 1. The van der Waals surface area contributed by atoms with Crippen molar-refractivity contribution in [1.82, 2.24) is 0 Å². The minimum Gasteiger partial charge on any atom is -0.471 e. The molecule has 0 spiro atoms. The Morgan fingerprint density at radius 2 is 2.33 bits per heavy atom. The lowest BCUT2D eigenvalue weighted by atomic mass is 9.75. The number of ether oxygens (including phenoxy) is 2. The summed E-state index contributed by atoms with van der Waals surface area (Å²) in [6, 6.07) is 0. The van der Waals surface area contributed by atoms with Crippen LogP contribution in [-0.4, -0.2) is 20.2 Å². The summed E-state index contributed by atoms with van der Waals surface area (Å²) in [5, 5.41) is 0. The molecule has 1 aliphatic rings. The van der Waals surface area contributed by atoms with E-state index < -0.39 is 5.41 Å². The van der Waals surface area contributed by atoms with Crippen LogP contribution in [0.1, 0.15) is 33.1 Å². The highest BCUT2D eigenvalue weighted by atomic mass is 16.7. The smallest absolute Gasteiger partial charge is 0.188 e. The van der Waals surface area contributed by atoms with E-state index in [1.165, 1.54) is 0 Å². The Morgan fingerprint density at radius 3 is 2.80 bits per heavy atom. The molecule has 0 radical (unpaired) electrons. The van der Waals surface area contributed by atoms with Gasteiger partial charge in [-0.05, 0) is 24.8 Å². The van der Waals surface area contributed by atoms with Gasteiger partial charge in [-0.2, -0.15) is 0 Å². The van der Waals surface area contributed by atoms with E-state index in [4.69, 9.17) is 9.47 Å². The number of methoxy groups -OCH3 is 1. The van der Waals surface area contributed by atoms with Crippen molar-refractivity contribution in [2.24, 2.45) is 11.3 Å². The molecule has 0 amide bonds. The van der Waals surface area contributed by atoms with Crippen LogP contribution in [0.3, 0.4) is 0 Å². The number of carbonyl (C=O) groups excluding carboxylic acids is 1. The van der Waals surface area contributed by atoms with E-state index >= 15 is 0 Å². The first-order chi connectivity index (χ1) is 7.25. The van der Waals surface area contributed by atoms with Gasteiger partial charge in [0.05, 0.1) is 5.41 Å². The monoisotopic (exact) mass is 212 g/mol. The molecule has 15 heavy (non-hydrogen) atoms. The number of allylic oxidation sites excluding steroid dienone is 2. The van der Waals surface area contributed by atoms with E-state index in [-0.39, 0.29) is 6.79 Å². The zero-order valence-corrected chi connectivity index (χ0v) is 9.79. The van der Waals surface area contributed by atoms with Crippen molar-refractivity contribution < 1.29 is 14.3 Å². The van der Waals surface area contributed by atoms with Crippen LogP contribution in [-0.2, 0) is 14.3 Å². The maximum atomic E-state index is 11.3. The first kappa shape index (κ1) is 12.2. The van der Waals surface area contributed by atoms with Crippen LogP contribution >= 0.6 is 0 Å². The van der Waals surface area contributed by atoms with E-state index in [2.05, 4.69) is 6.92 Å². The molecule has 0 aromatic carbocycles. The fraction of sp³-hybridized carbons (Fsp3) is 0.750. The summed E-state index contributed by atoms with van der Waals surface area (Å²) in [6.45, 7) is 4.37. The highest BCUT2D eigenvalue weighted by Crippen LogP contribution is 2.46. The highest BCUT2D eigenvalue weighted by Gasteiger charge is 2.44. The summed E-state index contributed by atoms with van der Waals surface area (Å²) in [5.41, 5.74) is -0.409. The molecule has 3 nitrogen and oxygen atoms in total. The Hall–Kier alpha value is -0.830. The second kappa shape index (κ2) is 5.31. The van der Waals surface area contributed by atoms with Crippen molar-refractivity contribution in [3.05, 3.63) is 11.8 Å². The van der Waals surface area contributed by atoms with Gasteiger partial charge < -0.3 is 14.3 Å². The molecule has 0 saturated carbocycles. The van der Waals surface area contributed by atoms with Gasteiger partial charge in [-0.25, -0.2) is 0 Å². The fourth-order valence-electron chi connectivity index (χ4n) is 2.40. The van der Waals surface area contributed by atoms with Gasteiger partial charge in [-0.15, -0.1) is 0 Å². The SMILES string of the molecule is CC[C@H]1CC=C(OCOC)[C@@]1(C=O)CC. The number of rotatable bonds is 6. The number of carbonyl (C=O) groups is 1. The molecule has 0 bridgehead atoms. The minimum absolute atomic E-state index is 0.220. The first-order valence-corrected chi connectivity index (χ1v) is 5.53. The third-order valence-corrected chi connectivity index (χ3v) is 3.40. The molecule has 3 heteroatoms. The molecule has 1 aliphatic carbocycles. The van der Waals surface area contributed by atoms with Gasteiger partial charge in [0.25, 0.3) is 0 Å². The van der Waals surface area contributed by atoms with E-state index in [1.54, 1.807) is 7.11 Å². The van der Waals surface area contributed by atoms with Gasteiger partial charge in [0.15, 0.2) is 6.79 Å². The second-order valence-corrected chi connectivity index (χ2v) is 3.97. The molecule has 0 aliphatic heterocycles. The van der Waals surface area contributed by atoms with E-state index in [9.17, 15) is 4.79 Å². The Morgan fingerprint density at radius 1 is 1.60 bits per heavy atom. The normalized spacial score (nSPS) is 30.1. The lowest BCUT2D eigenvalue weighted by Gasteiger charge is -2.30. The lowest BCUT2D eigenvalue weighted by molar-refractivity contribution is -0.120. The zero-order chi connectivity index (χ0) is 11.3.